The number of anilines is 1. The van der Waals surface area contributed by atoms with Crippen LogP contribution in [0, 0.1) is 0 Å². The zero-order valence-corrected chi connectivity index (χ0v) is 20.6. The minimum Gasteiger partial charge on any atom is -0.493 e. The number of aromatic nitrogens is 4. The Labute approximate surface area is 204 Å². The summed E-state index contributed by atoms with van der Waals surface area (Å²) in [6.45, 7) is 2.15. The van der Waals surface area contributed by atoms with E-state index < -0.39 is 0 Å². The highest BCUT2D eigenvalue weighted by molar-refractivity contribution is 5.97. The van der Waals surface area contributed by atoms with Crippen LogP contribution in [-0.2, 0) is 4.74 Å². The largest absolute Gasteiger partial charge is 0.493 e. The number of rotatable bonds is 5. The fraction of sp³-hybridized carbons (Fsp3) is 0.520. The van der Waals surface area contributed by atoms with Crippen molar-refractivity contribution >= 4 is 22.9 Å². The van der Waals surface area contributed by atoms with Gasteiger partial charge < -0.3 is 19.1 Å². The summed E-state index contributed by atoms with van der Waals surface area (Å²) < 4.78 is 18.5. The molecule has 2 aliphatic rings. The molecule has 1 saturated carbocycles. The molecule has 1 saturated heterocycles. The van der Waals surface area contributed by atoms with Crippen LogP contribution in [0.2, 0.25) is 0 Å². The van der Waals surface area contributed by atoms with Crippen LogP contribution >= 0.6 is 0 Å². The molecule has 10 nitrogen and oxygen atoms in total. The summed E-state index contributed by atoms with van der Waals surface area (Å²) >= 11 is 0. The van der Waals surface area contributed by atoms with Gasteiger partial charge in [-0.05, 0) is 18.9 Å². The second-order valence-electron chi connectivity index (χ2n) is 9.04. The van der Waals surface area contributed by atoms with Crippen LogP contribution in [0.5, 0.6) is 11.5 Å². The number of benzene rings is 1. The highest BCUT2D eigenvalue weighted by Gasteiger charge is 2.25. The lowest BCUT2D eigenvalue weighted by molar-refractivity contribution is 0.0551. The normalized spacial score (nSPS) is 16.9. The summed E-state index contributed by atoms with van der Waals surface area (Å²) in [5.41, 5.74) is 2.24. The van der Waals surface area contributed by atoms with Crippen LogP contribution in [0.25, 0.3) is 22.2 Å². The monoisotopic (exact) mass is 480 g/mol. The maximum atomic E-state index is 13.2. The number of nitrogens with zero attached hydrogens (tertiary/aromatic N) is 6. The fourth-order valence-corrected chi connectivity index (χ4v) is 4.87. The van der Waals surface area contributed by atoms with Crippen LogP contribution in [0.15, 0.2) is 24.5 Å². The number of methoxy groups -OCH3 is 2. The molecule has 2 fully saturated rings. The Kier molecular flexibility index (Phi) is 6.72. The van der Waals surface area contributed by atoms with Gasteiger partial charge in [0.25, 0.3) is 0 Å². The third kappa shape index (κ3) is 4.62. The summed E-state index contributed by atoms with van der Waals surface area (Å²) in [6.07, 6.45) is 9.92. The van der Waals surface area contributed by atoms with E-state index in [0.29, 0.717) is 61.0 Å². The molecular weight excluding hydrogens is 448 g/mol. The van der Waals surface area contributed by atoms with Crippen molar-refractivity contribution in [3.63, 3.8) is 0 Å². The topological polar surface area (TPSA) is 94.8 Å². The molecule has 0 radical (unpaired) electrons. The molecule has 2 aromatic heterocycles. The van der Waals surface area contributed by atoms with Gasteiger partial charge in [0, 0.05) is 43.4 Å². The summed E-state index contributed by atoms with van der Waals surface area (Å²) in [5, 5.41) is 5.49. The van der Waals surface area contributed by atoms with Gasteiger partial charge in [0.15, 0.2) is 11.5 Å². The second kappa shape index (κ2) is 10.1. The highest BCUT2D eigenvalue weighted by Crippen LogP contribution is 2.37. The smallest absolute Gasteiger partial charge is 0.326 e. The van der Waals surface area contributed by atoms with Gasteiger partial charge in [-0.3, -0.25) is 9.58 Å². The van der Waals surface area contributed by atoms with Crippen LogP contribution < -0.4 is 14.4 Å². The zero-order chi connectivity index (χ0) is 24.4. The summed E-state index contributed by atoms with van der Waals surface area (Å²) in [6, 6.07) is 3.96. The van der Waals surface area contributed by atoms with Crippen molar-refractivity contribution in [2.45, 2.75) is 38.1 Å². The van der Waals surface area contributed by atoms with Gasteiger partial charge in [-0.15, -0.1) is 0 Å². The van der Waals surface area contributed by atoms with Crippen molar-refractivity contribution in [2.75, 3.05) is 52.5 Å². The van der Waals surface area contributed by atoms with E-state index in [1.54, 1.807) is 26.2 Å². The van der Waals surface area contributed by atoms with E-state index in [9.17, 15) is 4.79 Å². The van der Waals surface area contributed by atoms with Crippen molar-refractivity contribution < 1.29 is 19.0 Å². The molecule has 1 aliphatic carbocycles. The first kappa shape index (κ1) is 23.3. The summed E-state index contributed by atoms with van der Waals surface area (Å²) in [4.78, 5) is 26.0. The van der Waals surface area contributed by atoms with Crippen LogP contribution in [0.1, 0.15) is 38.1 Å². The lowest BCUT2D eigenvalue weighted by Gasteiger charge is -2.30. The highest BCUT2D eigenvalue weighted by atomic mass is 16.5. The SMILES string of the molecule is COc1cc2nc(N(C)C(=O)N3CCOCC3)nc(-c3cnn(C4CCCCC4)c3)c2cc1OC. The first-order valence-electron chi connectivity index (χ1n) is 12.2. The van der Waals surface area contributed by atoms with E-state index in [-0.39, 0.29) is 6.03 Å². The molecule has 1 aromatic carbocycles. The van der Waals surface area contributed by atoms with Crippen molar-refractivity contribution in [3.8, 4) is 22.8 Å². The molecular formula is C25H32N6O4. The molecule has 0 N–H and O–H groups in total. The molecule has 3 heterocycles. The lowest BCUT2D eigenvalue weighted by atomic mass is 9.96. The number of morpholine rings is 1. The Hall–Kier alpha value is -3.40. The predicted molar refractivity (Wildman–Crippen MR) is 132 cm³/mol. The Morgan fingerprint density at radius 2 is 1.77 bits per heavy atom. The van der Waals surface area contributed by atoms with Crippen LogP contribution in [0.4, 0.5) is 10.7 Å². The summed E-state index contributed by atoms with van der Waals surface area (Å²) in [5.74, 6) is 1.48. The molecule has 0 bridgehead atoms. The quantitative estimate of drug-likeness (QED) is 0.546. The molecule has 0 atom stereocenters. The number of carbonyl (C=O) groups excluding carboxylic acids is 1. The van der Waals surface area contributed by atoms with Gasteiger partial charge in [-0.1, -0.05) is 19.3 Å². The minimum absolute atomic E-state index is 0.156. The lowest BCUT2D eigenvalue weighted by Crippen LogP contribution is -2.47. The minimum atomic E-state index is -0.156. The molecule has 0 spiro atoms. The second-order valence-corrected chi connectivity index (χ2v) is 9.04. The van der Waals surface area contributed by atoms with Gasteiger partial charge in [-0.2, -0.15) is 5.10 Å². The maximum absolute atomic E-state index is 13.2. The number of hydrogen-bond donors (Lipinski definition) is 0. The molecule has 1 aliphatic heterocycles. The zero-order valence-electron chi connectivity index (χ0n) is 20.6. The van der Waals surface area contributed by atoms with Crippen LogP contribution in [-0.4, -0.2) is 78.3 Å². The van der Waals surface area contributed by atoms with Gasteiger partial charge in [0.2, 0.25) is 5.95 Å². The fourth-order valence-electron chi connectivity index (χ4n) is 4.87. The number of amides is 2. The van der Waals surface area contributed by atoms with E-state index in [1.807, 2.05) is 18.3 Å². The van der Waals surface area contributed by atoms with Crippen molar-refractivity contribution in [3.05, 3.63) is 24.5 Å². The van der Waals surface area contributed by atoms with Gasteiger partial charge in [0.1, 0.15) is 0 Å². The van der Waals surface area contributed by atoms with Crippen LogP contribution in [0.3, 0.4) is 0 Å². The average molecular weight is 481 g/mol. The van der Waals surface area contributed by atoms with E-state index in [0.717, 1.165) is 23.8 Å². The first-order valence-corrected chi connectivity index (χ1v) is 12.2. The predicted octanol–water partition coefficient (Wildman–Crippen LogP) is 3.90. The Bertz CT molecular complexity index is 1200. The molecule has 3 aromatic rings. The third-order valence-electron chi connectivity index (χ3n) is 6.88. The Balaban J connectivity index is 1.59. The van der Waals surface area contributed by atoms with Crippen molar-refractivity contribution in [1.29, 1.82) is 0 Å². The van der Waals surface area contributed by atoms with Gasteiger partial charge in [-0.25, -0.2) is 14.8 Å². The third-order valence-corrected chi connectivity index (χ3v) is 6.88. The maximum Gasteiger partial charge on any atom is 0.326 e. The Morgan fingerprint density at radius 3 is 2.49 bits per heavy atom. The average Bonchev–Trinajstić information content (AvgIpc) is 3.42. The van der Waals surface area contributed by atoms with Crippen molar-refractivity contribution in [2.24, 2.45) is 0 Å². The van der Waals surface area contributed by atoms with Gasteiger partial charge in [0.05, 0.1) is 50.9 Å². The molecule has 2 amide bonds. The standard InChI is InChI=1S/C25H32N6O4/c1-29(25(32)30-9-11-35-12-10-30)24-27-20-14-22(34-3)21(33-2)13-19(20)23(28-24)17-15-26-31(16-17)18-7-5-4-6-8-18/h13-16,18H,4-12H2,1-3H3. The summed E-state index contributed by atoms with van der Waals surface area (Å²) in [7, 11) is 4.90. The number of hydrogen-bond acceptors (Lipinski definition) is 7. The van der Waals surface area contributed by atoms with E-state index in [4.69, 9.17) is 24.2 Å². The molecule has 35 heavy (non-hydrogen) atoms. The molecule has 5 rings (SSSR count). The number of urea groups is 1. The Morgan fingerprint density at radius 1 is 1.06 bits per heavy atom. The number of carbonyl (C=O) groups is 1. The van der Waals surface area contributed by atoms with Crippen molar-refractivity contribution in [1.82, 2.24) is 24.6 Å². The van der Waals surface area contributed by atoms with E-state index in [2.05, 4.69) is 16.0 Å². The molecule has 10 heteroatoms. The number of ether oxygens (including phenoxy) is 3. The molecule has 186 valence electrons. The molecule has 0 unspecified atom stereocenters. The van der Waals surface area contributed by atoms with E-state index in [1.165, 1.54) is 24.2 Å². The van der Waals surface area contributed by atoms with Gasteiger partial charge >= 0.3 is 6.03 Å². The first-order chi connectivity index (χ1) is 17.1. The number of fused-ring (bicyclic) bond motifs is 1. The van der Waals surface area contributed by atoms with E-state index >= 15 is 0 Å².